The third-order valence-electron chi connectivity index (χ3n) is 4.47. The fourth-order valence-electron chi connectivity index (χ4n) is 3.43. The monoisotopic (exact) mass is 259 g/mol. The smallest absolute Gasteiger partial charge is 0.0449 e. The molecule has 19 heavy (non-hydrogen) atoms. The number of piperazine rings is 1. The Balaban J connectivity index is 1.56. The van der Waals surface area contributed by atoms with E-state index in [4.69, 9.17) is 0 Å². The van der Waals surface area contributed by atoms with Crippen molar-refractivity contribution in [2.75, 3.05) is 46.3 Å². The van der Waals surface area contributed by atoms with Gasteiger partial charge in [0.15, 0.2) is 0 Å². The molecule has 2 aliphatic heterocycles. The summed E-state index contributed by atoms with van der Waals surface area (Å²) in [7, 11) is 2.24. The minimum absolute atomic E-state index is 0.508. The maximum absolute atomic E-state index is 3.65. The lowest BCUT2D eigenvalue weighted by Gasteiger charge is -2.35. The molecule has 3 heteroatoms. The van der Waals surface area contributed by atoms with Crippen LogP contribution in [0.1, 0.15) is 18.0 Å². The summed E-state index contributed by atoms with van der Waals surface area (Å²) in [6, 6.07) is 11.4. The van der Waals surface area contributed by atoms with E-state index >= 15 is 0 Å². The van der Waals surface area contributed by atoms with Crippen molar-refractivity contribution < 1.29 is 0 Å². The highest BCUT2D eigenvalue weighted by molar-refractivity contribution is 5.19. The number of rotatable bonds is 3. The molecule has 0 bridgehead atoms. The van der Waals surface area contributed by atoms with Gasteiger partial charge in [0.25, 0.3) is 0 Å². The van der Waals surface area contributed by atoms with Gasteiger partial charge in [-0.05, 0) is 31.5 Å². The van der Waals surface area contributed by atoms with Gasteiger partial charge in [0.2, 0.25) is 0 Å². The number of nitrogens with zero attached hydrogens (tertiary/aromatic N) is 2. The average molecular weight is 259 g/mol. The van der Waals surface area contributed by atoms with Crippen LogP contribution in [0.2, 0.25) is 0 Å². The van der Waals surface area contributed by atoms with Crippen molar-refractivity contribution in [3.63, 3.8) is 0 Å². The van der Waals surface area contributed by atoms with E-state index in [1.54, 1.807) is 0 Å². The molecule has 1 aromatic carbocycles. The summed E-state index contributed by atoms with van der Waals surface area (Å²) in [4.78, 5) is 5.11. The molecule has 1 aromatic rings. The van der Waals surface area contributed by atoms with Gasteiger partial charge in [-0.15, -0.1) is 0 Å². The SMILES string of the molecule is CN1CCC(CN2CCNC(c3ccccc3)C2)C1. The molecule has 0 aliphatic carbocycles. The molecule has 3 nitrogen and oxygen atoms in total. The maximum Gasteiger partial charge on any atom is 0.0449 e. The first-order valence-corrected chi connectivity index (χ1v) is 7.50. The first-order chi connectivity index (χ1) is 9.31. The van der Waals surface area contributed by atoms with Crippen LogP contribution in [-0.4, -0.2) is 56.1 Å². The zero-order chi connectivity index (χ0) is 13.1. The Kier molecular flexibility index (Phi) is 4.16. The van der Waals surface area contributed by atoms with Crippen molar-refractivity contribution in [2.24, 2.45) is 5.92 Å². The number of likely N-dealkylation sites (tertiary alicyclic amines) is 1. The fourth-order valence-corrected chi connectivity index (χ4v) is 3.43. The van der Waals surface area contributed by atoms with Gasteiger partial charge in [-0.2, -0.15) is 0 Å². The van der Waals surface area contributed by atoms with E-state index < -0.39 is 0 Å². The first kappa shape index (κ1) is 13.1. The minimum Gasteiger partial charge on any atom is -0.308 e. The first-order valence-electron chi connectivity index (χ1n) is 7.50. The highest BCUT2D eigenvalue weighted by Gasteiger charge is 2.25. The molecular formula is C16H25N3. The van der Waals surface area contributed by atoms with E-state index in [0.717, 1.165) is 19.0 Å². The van der Waals surface area contributed by atoms with Crippen LogP contribution in [0.25, 0.3) is 0 Å². The molecule has 2 fully saturated rings. The summed E-state index contributed by atoms with van der Waals surface area (Å²) in [6.45, 7) is 7.30. The van der Waals surface area contributed by atoms with E-state index in [9.17, 15) is 0 Å². The second-order valence-corrected chi connectivity index (χ2v) is 6.09. The Morgan fingerprint density at radius 3 is 2.74 bits per heavy atom. The van der Waals surface area contributed by atoms with Gasteiger partial charge in [-0.25, -0.2) is 0 Å². The minimum atomic E-state index is 0.508. The molecule has 0 saturated carbocycles. The topological polar surface area (TPSA) is 18.5 Å². The molecule has 2 saturated heterocycles. The van der Waals surface area contributed by atoms with Crippen LogP contribution in [-0.2, 0) is 0 Å². The van der Waals surface area contributed by atoms with Crippen LogP contribution in [0.4, 0.5) is 0 Å². The molecule has 0 aromatic heterocycles. The van der Waals surface area contributed by atoms with Crippen LogP contribution in [0.15, 0.2) is 30.3 Å². The van der Waals surface area contributed by atoms with Gasteiger partial charge in [-0.1, -0.05) is 30.3 Å². The molecule has 1 N–H and O–H groups in total. The van der Waals surface area contributed by atoms with Gasteiger partial charge in [0, 0.05) is 38.8 Å². The highest BCUT2D eigenvalue weighted by Crippen LogP contribution is 2.20. The second kappa shape index (κ2) is 6.04. The van der Waals surface area contributed by atoms with Crippen molar-refractivity contribution in [3.8, 4) is 0 Å². The zero-order valence-corrected chi connectivity index (χ0v) is 11.9. The molecular weight excluding hydrogens is 234 g/mol. The van der Waals surface area contributed by atoms with Crippen LogP contribution in [0.3, 0.4) is 0 Å². The molecule has 2 unspecified atom stereocenters. The van der Waals surface area contributed by atoms with Crippen LogP contribution >= 0.6 is 0 Å². The third kappa shape index (κ3) is 3.35. The summed E-state index contributed by atoms with van der Waals surface area (Å²) < 4.78 is 0. The standard InChI is InChI=1S/C16H25N3/c1-18-9-7-14(11-18)12-19-10-8-17-16(13-19)15-5-3-2-4-6-15/h2-6,14,16-17H,7-13H2,1H3. The van der Waals surface area contributed by atoms with Gasteiger partial charge in [0.1, 0.15) is 0 Å². The quantitative estimate of drug-likeness (QED) is 0.889. The summed E-state index contributed by atoms with van der Waals surface area (Å²) >= 11 is 0. The summed E-state index contributed by atoms with van der Waals surface area (Å²) in [5, 5.41) is 3.65. The average Bonchev–Trinajstić information content (AvgIpc) is 2.85. The van der Waals surface area contributed by atoms with E-state index in [2.05, 4.69) is 52.5 Å². The Bertz CT molecular complexity index is 392. The number of benzene rings is 1. The van der Waals surface area contributed by atoms with Gasteiger partial charge in [-0.3, -0.25) is 4.90 Å². The number of hydrogen-bond acceptors (Lipinski definition) is 3. The van der Waals surface area contributed by atoms with E-state index in [-0.39, 0.29) is 0 Å². The third-order valence-corrected chi connectivity index (χ3v) is 4.47. The lowest BCUT2D eigenvalue weighted by Crippen LogP contribution is -2.47. The molecule has 2 heterocycles. The van der Waals surface area contributed by atoms with E-state index in [1.165, 1.54) is 38.2 Å². The Labute approximate surface area is 116 Å². The predicted octanol–water partition coefficient (Wildman–Crippen LogP) is 1.58. The number of hydrogen-bond donors (Lipinski definition) is 1. The highest BCUT2D eigenvalue weighted by atomic mass is 15.2. The molecule has 0 spiro atoms. The molecule has 104 valence electrons. The zero-order valence-electron chi connectivity index (χ0n) is 11.9. The summed E-state index contributed by atoms with van der Waals surface area (Å²) in [6.07, 6.45) is 1.37. The normalized spacial score (nSPS) is 29.7. The van der Waals surface area contributed by atoms with Crippen molar-refractivity contribution in [2.45, 2.75) is 12.5 Å². The van der Waals surface area contributed by atoms with Gasteiger partial charge in [0.05, 0.1) is 0 Å². The Hall–Kier alpha value is -0.900. The molecule has 2 atom stereocenters. The fraction of sp³-hybridized carbons (Fsp3) is 0.625. The molecule has 3 rings (SSSR count). The largest absolute Gasteiger partial charge is 0.308 e. The van der Waals surface area contributed by atoms with E-state index in [0.29, 0.717) is 6.04 Å². The van der Waals surface area contributed by atoms with Crippen LogP contribution in [0.5, 0.6) is 0 Å². The van der Waals surface area contributed by atoms with Crippen molar-refractivity contribution in [3.05, 3.63) is 35.9 Å². The summed E-state index contributed by atoms with van der Waals surface area (Å²) in [5.41, 5.74) is 1.43. The predicted molar refractivity (Wildman–Crippen MR) is 79.2 cm³/mol. The van der Waals surface area contributed by atoms with Crippen LogP contribution in [0, 0.1) is 5.92 Å². The molecule has 0 amide bonds. The van der Waals surface area contributed by atoms with Gasteiger partial charge >= 0.3 is 0 Å². The molecule has 0 radical (unpaired) electrons. The molecule has 2 aliphatic rings. The van der Waals surface area contributed by atoms with Gasteiger partial charge < -0.3 is 10.2 Å². The number of nitrogens with one attached hydrogen (secondary N) is 1. The lowest BCUT2D eigenvalue weighted by atomic mass is 10.0. The second-order valence-electron chi connectivity index (χ2n) is 6.09. The lowest BCUT2D eigenvalue weighted by molar-refractivity contribution is 0.174. The van der Waals surface area contributed by atoms with Crippen molar-refractivity contribution in [1.29, 1.82) is 0 Å². The van der Waals surface area contributed by atoms with Crippen LogP contribution < -0.4 is 5.32 Å². The summed E-state index contributed by atoms with van der Waals surface area (Å²) in [5.74, 6) is 0.875. The Morgan fingerprint density at radius 1 is 1.16 bits per heavy atom. The Morgan fingerprint density at radius 2 is 2.00 bits per heavy atom. The van der Waals surface area contributed by atoms with Crippen molar-refractivity contribution in [1.82, 2.24) is 15.1 Å². The van der Waals surface area contributed by atoms with Crippen molar-refractivity contribution >= 4 is 0 Å². The maximum atomic E-state index is 3.65. The van der Waals surface area contributed by atoms with E-state index in [1.807, 2.05) is 0 Å².